The summed E-state index contributed by atoms with van der Waals surface area (Å²) in [5, 5.41) is 3.26. The van der Waals surface area contributed by atoms with Gasteiger partial charge in [0.2, 0.25) is 5.91 Å². The van der Waals surface area contributed by atoms with Crippen molar-refractivity contribution in [2.45, 2.75) is 49.6 Å². The second-order valence-corrected chi connectivity index (χ2v) is 9.37. The van der Waals surface area contributed by atoms with Gasteiger partial charge in [0, 0.05) is 32.7 Å². The third-order valence-electron chi connectivity index (χ3n) is 5.58. The van der Waals surface area contributed by atoms with Gasteiger partial charge in [0.15, 0.2) is 5.16 Å². The molecule has 2 aromatic carbocycles. The molecule has 180 valence electrons. The highest BCUT2D eigenvalue weighted by molar-refractivity contribution is 8.00. The number of benzene rings is 2. The van der Waals surface area contributed by atoms with Crippen LogP contribution in [0, 0.1) is 0 Å². The van der Waals surface area contributed by atoms with Crippen LogP contribution in [0.4, 0.5) is 0 Å². The second-order valence-electron chi connectivity index (χ2n) is 8.20. The summed E-state index contributed by atoms with van der Waals surface area (Å²) in [6.07, 6.45) is 2.82. The molecule has 0 bridgehead atoms. The first-order chi connectivity index (χ1) is 16.5. The van der Waals surface area contributed by atoms with Gasteiger partial charge in [0.1, 0.15) is 0 Å². The Kier molecular flexibility index (Phi) is 9.91. The number of thioether (sulfide) groups is 1. The molecule has 3 rings (SSSR count). The fraction of sp³-hybridized carbons (Fsp3) is 0.370. The Balaban J connectivity index is 1.77. The summed E-state index contributed by atoms with van der Waals surface area (Å²) < 4.78 is 6.91. The van der Waals surface area contributed by atoms with Crippen molar-refractivity contribution < 1.29 is 9.53 Å². The summed E-state index contributed by atoms with van der Waals surface area (Å²) in [7, 11) is 3.32. The summed E-state index contributed by atoms with van der Waals surface area (Å²) in [6, 6.07) is 19.9. The SMILES string of the molecule is CCCC(Sc1nc(COC)c(Cc2ccccc2)c(=O)n1C)C(=O)NCCc1ccccc1. The zero-order valence-corrected chi connectivity index (χ0v) is 20.9. The van der Waals surface area contributed by atoms with Crippen LogP contribution in [0.15, 0.2) is 70.6 Å². The number of methoxy groups -OCH3 is 1. The van der Waals surface area contributed by atoms with E-state index in [-0.39, 0.29) is 23.3 Å². The van der Waals surface area contributed by atoms with Crippen LogP contribution in [0.3, 0.4) is 0 Å². The minimum Gasteiger partial charge on any atom is -0.378 e. The highest BCUT2D eigenvalue weighted by Crippen LogP contribution is 2.25. The molecule has 0 fully saturated rings. The molecule has 1 heterocycles. The highest BCUT2D eigenvalue weighted by Gasteiger charge is 2.23. The minimum absolute atomic E-state index is 0.0290. The number of ether oxygens (including phenoxy) is 1. The summed E-state index contributed by atoms with van der Waals surface area (Å²) in [5.41, 5.74) is 3.37. The second kappa shape index (κ2) is 13.1. The fourth-order valence-corrected chi connectivity index (χ4v) is 4.93. The van der Waals surface area contributed by atoms with Gasteiger partial charge in [0.05, 0.1) is 17.6 Å². The van der Waals surface area contributed by atoms with Gasteiger partial charge < -0.3 is 10.1 Å². The number of rotatable bonds is 12. The first-order valence-electron chi connectivity index (χ1n) is 11.6. The Morgan fingerprint density at radius 1 is 1.09 bits per heavy atom. The molecule has 0 saturated carbocycles. The van der Waals surface area contributed by atoms with Gasteiger partial charge in [-0.15, -0.1) is 0 Å². The van der Waals surface area contributed by atoms with Crippen LogP contribution in [0.1, 0.15) is 42.1 Å². The number of amides is 1. The predicted molar refractivity (Wildman–Crippen MR) is 137 cm³/mol. The van der Waals surface area contributed by atoms with Gasteiger partial charge in [-0.05, 0) is 24.0 Å². The molecular formula is C27H33N3O3S. The van der Waals surface area contributed by atoms with E-state index in [0.717, 1.165) is 18.4 Å². The van der Waals surface area contributed by atoms with E-state index in [0.29, 0.717) is 35.8 Å². The molecule has 0 spiro atoms. The summed E-state index contributed by atoms with van der Waals surface area (Å²) in [6.45, 7) is 2.87. The highest BCUT2D eigenvalue weighted by atomic mass is 32.2. The van der Waals surface area contributed by atoms with Crippen molar-refractivity contribution in [2.24, 2.45) is 7.05 Å². The van der Waals surface area contributed by atoms with Gasteiger partial charge in [-0.3, -0.25) is 14.2 Å². The maximum absolute atomic E-state index is 13.3. The van der Waals surface area contributed by atoms with Crippen LogP contribution in [-0.4, -0.2) is 34.4 Å². The monoisotopic (exact) mass is 479 g/mol. The number of nitrogens with zero attached hydrogens (tertiary/aromatic N) is 2. The molecule has 0 saturated heterocycles. The molecule has 1 aromatic heterocycles. The largest absolute Gasteiger partial charge is 0.378 e. The van der Waals surface area contributed by atoms with E-state index in [1.807, 2.05) is 48.5 Å². The molecule has 1 amide bonds. The van der Waals surface area contributed by atoms with Crippen LogP contribution in [-0.2, 0) is 36.0 Å². The third-order valence-corrected chi connectivity index (χ3v) is 6.89. The van der Waals surface area contributed by atoms with E-state index < -0.39 is 0 Å². The van der Waals surface area contributed by atoms with E-state index in [4.69, 9.17) is 9.72 Å². The first-order valence-corrected chi connectivity index (χ1v) is 12.5. The van der Waals surface area contributed by atoms with Crippen LogP contribution >= 0.6 is 11.8 Å². The first kappa shape index (κ1) is 25.7. The normalized spacial score (nSPS) is 11.9. The quantitative estimate of drug-likeness (QED) is 0.312. The van der Waals surface area contributed by atoms with Crippen molar-refractivity contribution in [1.29, 1.82) is 0 Å². The van der Waals surface area contributed by atoms with Crippen LogP contribution in [0.2, 0.25) is 0 Å². The predicted octanol–water partition coefficient (Wildman–Crippen LogP) is 4.14. The van der Waals surface area contributed by atoms with Gasteiger partial charge in [-0.25, -0.2) is 4.98 Å². The molecule has 3 aromatic rings. The molecule has 7 heteroatoms. The summed E-state index contributed by atoms with van der Waals surface area (Å²) >= 11 is 1.35. The summed E-state index contributed by atoms with van der Waals surface area (Å²) in [5.74, 6) is -0.0290. The average Bonchev–Trinajstić information content (AvgIpc) is 2.85. The number of hydrogen-bond donors (Lipinski definition) is 1. The number of carbonyl (C=O) groups is 1. The molecule has 1 N–H and O–H groups in total. The van der Waals surface area contributed by atoms with Crippen molar-refractivity contribution >= 4 is 17.7 Å². The molecule has 1 atom stereocenters. The number of hydrogen-bond acceptors (Lipinski definition) is 5. The summed E-state index contributed by atoms with van der Waals surface area (Å²) in [4.78, 5) is 31.0. The molecule has 0 aliphatic heterocycles. The van der Waals surface area contributed by atoms with Crippen LogP contribution in [0.5, 0.6) is 0 Å². The Morgan fingerprint density at radius 3 is 2.35 bits per heavy atom. The molecule has 0 aliphatic carbocycles. The molecule has 0 radical (unpaired) electrons. The van der Waals surface area contributed by atoms with E-state index in [9.17, 15) is 9.59 Å². The molecule has 1 unspecified atom stereocenters. The number of aromatic nitrogens is 2. The Hall–Kier alpha value is -2.90. The maximum atomic E-state index is 13.3. The van der Waals surface area contributed by atoms with Crippen molar-refractivity contribution in [1.82, 2.24) is 14.9 Å². The van der Waals surface area contributed by atoms with Crippen molar-refractivity contribution in [3.8, 4) is 0 Å². The van der Waals surface area contributed by atoms with Crippen LogP contribution < -0.4 is 10.9 Å². The lowest BCUT2D eigenvalue weighted by atomic mass is 10.0. The average molecular weight is 480 g/mol. The lowest BCUT2D eigenvalue weighted by Gasteiger charge is -2.19. The fourth-order valence-electron chi connectivity index (χ4n) is 3.73. The van der Waals surface area contributed by atoms with E-state index >= 15 is 0 Å². The standard InChI is InChI=1S/C27H33N3O3S/c1-4-11-24(25(31)28-17-16-20-12-7-5-8-13-20)34-27-29-23(19-33-3)22(26(32)30(27)2)18-21-14-9-6-10-15-21/h5-10,12-15,24H,4,11,16-19H2,1-3H3,(H,28,31). The van der Waals surface area contributed by atoms with E-state index in [1.165, 1.54) is 17.3 Å². The molecular weight excluding hydrogens is 446 g/mol. The Bertz CT molecular complexity index is 1120. The minimum atomic E-state index is -0.325. The molecule has 34 heavy (non-hydrogen) atoms. The Labute approximate surface area is 205 Å². The van der Waals surface area contributed by atoms with Crippen molar-refractivity contribution in [3.05, 3.63) is 93.4 Å². The van der Waals surface area contributed by atoms with Gasteiger partial charge in [0.25, 0.3) is 5.56 Å². The molecule has 0 aliphatic rings. The van der Waals surface area contributed by atoms with E-state index in [2.05, 4.69) is 24.4 Å². The van der Waals surface area contributed by atoms with Crippen molar-refractivity contribution in [3.63, 3.8) is 0 Å². The zero-order valence-electron chi connectivity index (χ0n) is 20.1. The van der Waals surface area contributed by atoms with Crippen LogP contribution in [0.25, 0.3) is 0 Å². The topological polar surface area (TPSA) is 73.2 Å². The number of carbonyl (C=O) groups excluding carboxylic acids is 1. The molecule has 6 nitrogen and oxygen atoms in total. The maximum Gasteiger partial charge on any atom is 0.257 e. The zero-order chi connectivity index (χ0) is 24.3. The smallest absolute Gasteiger partial charge is 0.257 e. The van der Waals surface area contributed by atoms with Gasteiger partial charge in [-0.1, -0.05) is 85.8 Å². The van der Waals surface area contributed by atoms with Gasteiger partial charge >= 0.3 is 0 Å². The van der Waals surface area contributed by atoms with E-state index in [1.54, 1.807) is 18.7 Å². The van der Waals surface area contributed by atoms with Gasteiger partial charge in [-0.2, -0.15) is 0 Å². The third kappa shape index (κ3) is 7.05. The van der Waals surface area contributed by atoms with Crippen molar-refractivity contribution in [2.75, 3.05) is 13.7 Å². The number of nitrogens with one attached hydrogen (secondary N) is 1. The lowest BCUT2D eigenvalue weighted by molar-refractivity contribution is -0.120. The lowest BCUT2D eigenvalue weighted by Crippen LogP contribution is -2.35. The Morgan fingerprint density at radius 2 is 1.74 bits per heavy atom.